The lowest BCUT2D eigenvalue weighted by atomic mass is 10.1. The zero-order chi connectivity index (χ0) is 14.4. The maximum Gasteiger partial charge on any atom is 0.330 e. The molecule has 0 unspecified atom stereocenters. The van der Waals surface area contributed by atoms with E-state index in [2.05, 4.69) is 6.58 Å². The zero-order valence-corrected chi connectivity index (χ0v) is 11.1. The number of carbonyl (C=O) groups is 1. The smallest absolute Gasteiger partial charge is 0.330 e. The van der Waals surface area contributed by atoms with Crippen molar-refractivity contribution in [3.8, 4) is 11.5 Å². The first-order valence-corrected chi connectivity index (χ1v) is 6.38. The van der Waals surface area contributed by atoms with Crippen LogP contribution in [0.5, 0.6) is 11.5 Å². The van der Waals surface area contributed by atoms with Crippen molar-refractivity contribution < 1.29 is 14.6 Å². The van der Waals surface area contributed by atoms with E-state index in [0.29, 0.717) is 12.8 Å². The van der Waals surface area contributed by atoms with E-state index in [0.717, 1.165) is 17.1 Å². The summed E-state index contributed by atoms with van der Waals surface area (Å²) in [6, 6.07) is 17.2. The molecule has 2 aromatic carbocycles. The van der Waals surface area contributed by atoms with Gasteiger partial charge in [0, 0.05) is 5.57 Å². The van der Waals surface area contributed by atoms with Crippen LogP contribution in [0.25, 0.3) is 0 Å². The Morgan fingerprint density at radius 2 is 1.60 bits per heavy atom. The molecule has 0 saturated carbocycles. The molecule has 0 saturated heterocycles. The maximum absolute atomic E-state index is 10.7. The fraction of sp³-hybridized carbons (Fsp3) is 0.118. The Bertz CT molecular complexity index is 585. The van der Waals surface area contributed by atoms with Crippen molar-refractivity contribution in [2.24, 2.45) is 0 Å². The van der Waals surface area contributed by atoms with Crippen LogP contribution in [0.4, 0.5) is 0 Å². The summed E-state index contributed by atoms with van der Waals surface area (Å²) in [4.78, 5) is 10.7. The van der Waals surface area contributed by atoms with Gasteiger partial charge in [0.2, 0.25) is 0 Å². The molecule has 0 bridgehead atoms. The van der Waals surface area contributed by atoms with Crippen LogP contribution in [-0.2, 0) is 11.2 Å². The summed E-state index contributed by atoms with van der Waals surface area (Å²) in [6.07, 6.45) is 1.12. The van der Waals surface area contributed by atoms with Gasteiger partial charge in [0.1, 0.15) is 11.5 Å². The van der Waals surface area contributed by atoms with Crippen molar-refractivity contribution in [3.63, 3.8) is 0 Å². The third kappa shape index (κ3) is 3.99. The van der Waals surface area contributed by atoms with E-state index in [-0.39, 0.29) is 5.57 Å². The fourth-order valence-corrected chi connectivity index (χ4v) is 1.75. The summed E-state index contributed by atoms with van der Waals surface area (Å²) in [5, 5.41) is 8.75. The first-order valence-electron chi connectivity index (χ1n) is 6.38. The van der Waals surface area contributed by atoms with Gasteiger partial charge in [-0.2, -0.15) is 0 Å². The quantitative estimate of drug-likeness (QED) is 0.804. The minimum atomic E-state index is -0.936. The predicted molar refractivity (Wildman–Crippen MR) is 78.1 cm³/mol. The van der Waals surface area contributed by atoms with Gasteiger partial charge in [0.05, 0.1) is 0 Å². The summed E-state index contributed by atoms with van der Waals surface area (Å²) in [7, 11) is 0. The summed E-state index contributed by atoms with van der Waals surface area (Å²) in [6.45, 7) is 3.52. The second kappa shape index (κ2) is 6.57. The number of aliphatic carboxylic acids is 1. The summed E-state index contributed by atoms with van der Waals surface area (Å²) >= 11 is 0. The Labute approximate surface area is 118 Å². The molecular weight excluding hydrogens is 252 g/mol. The van der Waals surface area contributed by atoms with Gasteiger partial charge < -0.3 is 9.84 Å². The van der Waals surface area contributed by atoms with Crippen molar-refractivity contribution in [1.29, 1.82) is 0 Å². The van der Waals surface area contributed by atoms with Gasteiger partial charge in [-0.05, 0) is 42.7 Å². The van der Waals surface area contributed by atoms with Crippen molar-refractivity contribution in [2.75, 3.05) is 0 Å². The van der Waals surface area contributed by atoms with Crippen LogP contribution >= 0.6 is 0 Å². The Morgan fingerprint density at radius 1 is 1.00 bits per heavy atom. The predicted octanol–water partition coefficient (Wildman–Crippen LogP) is 4.05. The Balaban J connectivity index is 1.93. The average Bonchev–Trinajstić information content (AvgIpc) is 2.47. The molecule has 0 aromatic heterocycles. The van der Waals surface area contributed by atoms with E-state index in [4.69, 9.17) is 9.84 Å². The lowest BCUT2D eigenvalue weighted by Gasteiger charge is -2.06. The molecule has 2 aromatic rings. The largest absolute Gasteiger partial charge is 0.478 e. The molecule has 0 amide bonds. The van der Waals surface area contributed by atoms with E-state index < -0.39 is 5.97 Å². The summed E-state index contributed by atoms with van der Waals surface area (Å²) in [5.41, 5.74) is 1.29. The Hall–Kier alpha value is -2.55. The highest BCUT2D eigenvalue weighted by molar-refractivity contribution is 5.85. The number of benzene rings is 2. The monoisotopic (exact) mass is 268 g/mol. The molecular formula is C17H16O3. The summed E-state index contributed by atoms with van der Waals surface area (Å²) in [5.74, 6) is 0.616. The molecule has 1 N–H and O–H groups in total. The fourth-order valence-electron chi connectivity index (χ4n) is 1.75. The molecule has 0 fully saturated rings. The van der Waals surface area contributed by atoms with E-state index in [1.807, 2.05) is 54.6 Å². The van der Waals surface area contributed by atoms with Crippen LogP contribution in [0.2, 0.25) is 0 Å². The highest BCUT2D eigenvalue weighted by Crippen LogP contribution is 2.21. The van der Waals surface area contributed by atoms with Crippen LogP contribution in [-0.4, -0.2) is 11.1 Å². The first-order chi connectivity index (χ1) is 9.65. The SMILES string of the molecule is C=C(CCc1ccc(Oc2ccccc2)cc1)C(=O)O. The summed E-state index contributed by atoms with van der Waals surface area (Å²) < 4.78 is 5.69. The molecule has 3 nitrogen and oxygen atoms in total. The van der Waals surface area contributed by atoms with Crippen LogP contribution in [0.3, 0.4) is 0 Å². The minimum absolute atomic E-state index is 0.231. The van der Waals surface area contributed by atoms with Crippen molar-refractivity contribution in [3.05, 3.63) is 72.3 Å². The van der Waals surface area contributed by atoms with Gasteiger partial charge in [0.15, 0.2) is 0 Å². The van der Waals surface area contributed by atoms with Gasteiger partial charge in [-0.25, -0.2) is 4.79 Å². The Kier molecular flexibility index (Phi) is 4.56. The third-order valence-corrected chi connectivity index (χ3v) is 2.92. The molecule has 0 heterocycles. The molecule has 20 heavy (non-hydrogen) atoms. The van der Waals surface area contributed by atoms with Gasteiger partial charge in [0.25, 0.3) is 0 Å². The van der Waals surface area contributed by atoms with Crippen LogP contribution in [0.15, 0.2) is 66.7 Å². The molecule has 0 spiro atoms. The third-order valence-electron chi connectivity index (χ3n) is 2.92. The Morgan fingerprint density at radius 3 is 2.20 bits per heavy atom. The van der Waals surface area contributed by atoms with Crippen molar-refractivity contribution in [1.82, 2.24) is 0 Å². The van der Waals surface area contributed by atoms with Crippen molar-refractivity contribution >= 4 is 5.97 Å². The molecule has 0 aliphatic rings. The normalized spacial score (nSPS) is 10.0. The lowest BCUT2D eigenvalue weighted by molar-refractivity contribution is -0.132. The first kappa shape index (κ1) is 13.9. The minimum Gasteiger partial charge on any atom is -0.478 e. The molecule has 0 atom stereocenters. The highest BCUT2D eigenvalue weighted by atomic mass is 16.5. The highest BCUT2D eigenvalue weighted by Gasteiger charge is 2.04. The molecule has 0 aliphatic carbocycles. The van der Waals surface area contributed by atoms with Crippen LogP contribution in [0, 0.1) is 0 Å². The average molecular weight is 268 g/mol. The molecule has 0 radical (unpaired) electrons. The van der Waals surface area contributed by atoms with Crippen molar-refractivity contribution in [2.45, 2.75) is 12.8 Å². The van der Waals surface area contributed by atoms with E-state index in [1.54, 1.807) is 0 Å². The van der Waals surface area contributed by atoms with Gasteiger partial charge in [-0.15, -0.1) is 0 Å². The van der Waals surface area contributed by atoms with E-state index in [9.17, 15) is 4.79 Å². The topological polar surface area (TPSA) is 46.5 Å². The number of aryl methyl sites for hydroxylation is 1. The van der Waals surface area contributed by atoms with Gasteiger partial charge in [-0.1, -0.05) is 36.9 Å². The van der Waals surface area contributed by atoms with E-state index >= 15 is 0 Å². The number of ether oxygens (including phenoxy) is 1. The second-order valence-corrected chi connectivity index (χ2v) is 4.47. The molecule has 3 heteroatoms. The zero-order valence-electron chi connectivity index (χ0n) is 11.1. The van der Waals surface area contributed by atoms with Crippen LogP contribution < -0.4 is 4.74 Å². The second-order valence-electron chi connectivity index (χ2n) is 4.47. The number of hydrogen-bond donors (Lipinski definition) is 1. The number of rotatable bonds is 6. The lowest BCUT2D eigenvalue weighted by Crippen LogP contribution is -2.00. The number of hydrogen-bond acceptors (Lipinski definition) is 2. The number of carboxylic acid groups (broad SMARTS) is 1. The molecule has 102 valence electrons. The number of para-hydroxylation sites is 1. The van der Waals surface area contributed by atoms with Crippen LogP contribution in [0.1, 0.15) is 12.0 Å². The molecule has 2 rings (SSSR count). The maximum atomic E-state index is 10.7. The molecule has 0 aliphatic heterocycles. The van der Waals surface area contributed by atoms with Gasteiger partial charge >= 0.3 is 5.97 Å². The number of carboxylic acids is 1. The standard InChI is InChI=1S/C17H16O3/c1-13(17(18)19)7-8-14-9-11-16(12-10-14)20-15-5-3-2-4-6-15/h2-6,9-12H,1,7-8H2,(H,18,19). The van der Waals surface area contributed by atoms with E-state index in [1.165, 1.54) is 0 Å². The van der Waals surface area contributed by atoms with Gasteiger partial charge in [-0.3, -0.25) is 0 Å².